The van der Waals surface area contributed by atoms with Gasteiger partial charge >= 0.3 is 0 Å². The SMILES string of the molecule is CC1(C)c2ccccc2-c2ccc3c(oc4c5ccccc5c(-c5cccc(-c6c7ccccc7c(-c7ccccc7)c7ccccc67)c5)cc34)c21. The molecule has 1 heterocycles. The van der Waals surface area contributed by atoms with E-state index >= 15 is 0 Å². The van der Waals surface area contributed by atoms with Crippen LogP contribution in [0.3, 0.4) is 0 Å². The van der Waals surface area contributed by atoms with Crippen molar-refractivity contribution in [1.29, 1.82) is 0 Å². The fraction of sp³-hybridized carbons (Fsp3) is 0.0588. The van der Waals surface area contributed by atoms with Crippen LogP contribution in [-0.4, -0.2) is 0 Å². The van der Waals surface area contributed by atoms with E-state index in [1.807, 2.05) is 0 Å². The highest BCUT2D eigenvalue weighted by molar-refractivity contribution is 6.23. The Hall–Kier alpha value is -6.44. The number of benzene rings is 9. The number of fused-ring (bicyclic) bond motifs is 11. The molecule has 0 N–H and O–H groups in total. The molecule has 0 atom stereocenters. The van der Waals surface area contributed by atoms with Gasteiger partial charge in [0.25, 0.3) is 0 Å². The molecule has 0 spiro atoms. The number of furan rings is 1. The molecular weight excluding hydrogens is 629 g/mol. The minimum Gasteiger partial charge on any atom is -0.455 e. The summed E-state index contributed by atoms with van der Waals surface area (Å²) < 4.78 is 7.00. The van der Waals surface area contributed by atoms with Gasteiger partial charge in [-0.25, -0.2) is 0 Å². The van der Waals surface area contributed by atoms with Crippen molar-refractivity contribution in [3.63, 3.8) is 0 Å². The van der Waals surface area contributed by atoms with Gasteiger partial charge in [-0.15, -0.1) is 0 Å². The minimum atomic E-state index is -0.159. The molecule has 10 aromatic rings. The highest BCUT2D eigenvalue weighted by atomic mass is 16.3. The lowest BCUT2D eigenvalue weighted by Crippen LogP contribution is -2.15. The van der Waals surface area contributed by atoms with E-state index in [2.05, 4.69) is 184 Å². The van der Waals surface area contributed by atoms with Crippen molar-refractivity contribution >= 4 is 54.3 Å². The Bertz CT molecular complexity index is 3030. The first-order valence-corrected chi connectivity index (χ1v) is 18.2. The summed E-state index contributed by atoms with van der Waals surface area (Å²) in [5.41, 5.74) is 14.4. The predicted molar refractivity (Wildman–Crippen MR) is 220 cm³/mol. The minimum absolute atomic E-state index is 0.159. The lowest BCUT2D eigenvalue weighted by atomic mass is 9.82. The van der Waals surface area contributed by atoms with Gasteiger partial charge in [0.2, 0.25) is 0 Å². The number of hydrogen-bond donors (Lipinski definition) is 0. The second-order valence-corrected chi connectivity index (χ2v) is 14.8. The van der Waals surface area contributed by atoms with Crippen LogP contribution in [0.1, 0.15) is 25.0 Å². The van der Waals surface area contributed by atoms with Gasteiger partial charge in [0.05, 0.1) is 0 Å². The summed E-state index contributed by atoms with van der Waals surface area (Å²) in [7, 11) is 0. The van der Waals surface area contributed by atoms with Crippen LogP contribution in [0.15, 0.2) is 174 Å². The van der Waals surface area contributed by atoms with E-state index in [-0.39, 0.29) is 5.41 Å². The number of rotatable bonds is 3. The van der Waals surface area contributed by atoms with Crippen molar-refractivity contribution in [3.8, 4) is 44.5 Å². The Morgan fingerprint density at radius 3 is 1.60 bits per heavy atom. The monoisotopic (exact) mass is 662 g/mol. The average molecular weight is 663 g/mol. The van der Waals surface area contributed by atoms with Gasteiger partial charge in [0.1, 0.15) is 11.2 Å². The van der Waals surface area contributed by atoms with E-state index in [4.69, 9.17) is 4.42 Å². The van der Waals surface area contributed by atoms with Crippen LogP contribution in [0, 0.1) is 0 Å². The zero-order chi connectivity index (χ0) is 34.6. The van der Waals surface area contributed by atoms with Crippen LogP contribution in [0.25, 0.3) is 98.8 Å². The summed E-state index contributed by atoms with van der Waals surface area (Å²) >= 11 is 0. The molecule has 0 saturated carbocycles. The average Bonchev–Trinajstić information content (AvgIpc) is 3.69. The zero-order valence-electron chi connectivity index (χ0n) is 29.1. The van der Waals surface area contributed by atoms with E-state index in [9.17, 15) is 0 Å². The molecule has 0 unspecified atom stereocenters. The fourth-order valence-electron chi connectivity index (χ4n) is 9.34. The highest BCUT2D eigenvalue weighted by Gasteiger charge is 2.38. The molecule has 11 rings (SSSR count). The third kappa shape index (κ3) is 3.99. The predicted octanol–water partition coefficient (Wildman–Crippen LogP) is 14.4. The first-order valence-electron chi connectivity index (χ1n) is 18.2. The molecule has 1 heteroatoms. The van der Waals surface area contributed by atoms with Gasteiger partial charge in [0, 0.05) is 27.1 Å². The summed E-state index contributed by atoms with van der Waals surface area (Å²) in [5, 5.41) is 9.72. The molecule has 52 heavy (non-hydrogen) atoms. The Morgan fingerprint density at radius 1 is 0.346 bits per heavy atom. The van der Waals surface area contributed by atoms with Gasteiger partial charge in [0.15, 0.2) is 0 Å². The molecule has 1 aromatic heterocycles. The largest absolute Gasteiger partial charge is 0.455 e. The second kappa shape index (κ2) is 10.8. The molecule has 1 nitrogen and oxygen atoms in total. The second-order valence-electron chi connectivity index (χ2n) is 14.8. The normalized spacial score (nSPS) is 13.3. The molecule has 244 valence electrons. The molecule has 0 fully saturated rings. The van der Waals surface area contributed by atoms with Crippen LogP contribution in [0.4, 0.5) is 0 Å². The lowest BCUT2D eigenvalue weighted by Gasteiger charge is -2.21. The molecule has 1 aliphatic carbocycles. The summed E-state index contributed by atoms with van der Waals surface area (Å²) in [6.07, 6.45) is 0. The van der Waals surface area contributed by atoms with Crippen LogP contribution < -0.4 is 0 Å². The third-order valence-corrected chi connectivity index (χ3v) is 11.6. The Kier molecular flexibility index (Phi) is 6.08. The maximum Gasteiger partial charge on any atom is 0.143 e. The summed E-state index contributed by atoms with van der Waals surface area (Å²) in [6.45, 7) is 4.66. The smallest absolute Gasteiger partial charge is 0.143 e. The Morgan fingerprint density at radius 2 is 0.885 bits per heavy atom. The molecule has 0 amide bonds. The van der Waals surface area contributed by atoms with Crippen molar-refractivity contribution < 1.29 is 4.42 Å². The van der Waals surface area contributed by atoms with Crippen molar-refractivity contribution in [2.45, 2.75) is 19.3 Å². The molecule has 0 saturated heterocycles. The molecule has 0 radical (unpaired) electrons. The first kappa shape index (κ1) is 29.3. The van der Waals surface area contributed by atoms with Gasteiger partial charge in [-0.3, -0.25) is 0 Å². The highest BCUT2D eigenvalue weighted by Crippen LogP contribution is 2.53. The zero-order valence-corrected chi connectivity index (χ0v) is 29.1. The molecule has 9 aromatic carbocycles. The van der Waals surface area contributed by atoms with Crippen molar-refractivity contribution in [2.24, 2.45) is 0 Å². The first-order chi connectivity index (χ1) is 25.6. The van der Waals surface area contributed by atoms with E-state index < -0.39 is 0 Å². The summed E-state index contributed by atoms with van der Waals surface area (Å²) in [6, 6.07) is 62.3. The van der Waals surface area contributed by atoms with Crippen LogP contribution in [0.5, 0.6) is 0 Å². The number of hydrogen-bond acceptors (Lipinski definition) is 1. The van der Waals surface area contributed by atoms with Crippen molar-refractivity contribution in [3.05, 3.63) is 181 Å². The van der Waals surface area contributed by atoms with E-state index in [1.165, 1.54) is 88.0 Å². The molecule has 0 aliphatic heterocycles. The molecule has 1 aliphatic rings. The topological polar surface area (TPSA) is 13.1 Å². The van der Waals surface area contributed by atoms with Gasteiger partial charge in [-0.2, -0.15) is 0 Å². The molecular formula is C51H34O. The summed E-state index contributed by atoms with van der Waals surface area (Å²) in [4.78, 5) is 0. The van der Waals surface area contributed by atoms with Gasteiger partial charge in [-0.05, 0) is 95.2 Å². The standard InChI is InChI=1S/C51H34O/c1-51(2)45-26-13-12-20-35(45)40-27-28-42-44-30-43(34-19-6-11-25-41(34)49(44)52-50(42)48(40)51)32-17-14-18-33(29-32)47-38-23-9-7-21-36(38)46(31-15-4-3-5-16-31)37-22-8-10-24-39(37)47/h3-30H,1-2H3. The van der Waals surface area contributed by atoms with Gasteiger partial charge < -0.3 is 4.42 Å². The maximum atomic E-state index is 7.00. The Balaban J connectivity index is 1.17. The van der Waals surface area contributed by atoms with Crippen LogP contribution in [-0.2, 0) is 5.41 Å². The van der Waals surface area contributed by atoms with Crippen molar-refractivity contribution in [2.75, 3.05) is 0 Å². The Labute approximate surface area is 302 Å². The van der Waals surface area contributed by atoms with Gasteiger partial charge in [-0.1, -0.05) is 166 Å². The molecule has 0 bridgehead atoms. The third-order valence-electron chi connectivity index (χ3n) is 11.6. The lowest BCUT2D eigenvalue weighted by molar-refractivity contribution is 0.621. The van der Waals surface area contributed by atoms with E-state index in [0.717, 1.165) is 21.9 Å². The van der Waals surface area contributed by atoms with E-state index in [1.54, 1.807) is 0 Å². The maximum absolute atomic E-state index is 7.00. The van der Waals surface area contributed by atoms with Crippen LogP contribution in [0.2, 0.25) is 0 Å². The van der Waals surface area contributed by atoms with Crippen molar-refractivity contribution in [1.82, 2.24) is 0 Å². The fourth-order valence-corrected chi connectivity index (χ4v) is 9.34. The summed E-state index contributed by atoms with van der Waals surface area (Å²) in [5.74, 6) is 0. The van der Waals surface area contributed by atoms with E-state index in [0.29, 0.717) is 0 Å². The van der Waals surface area contributed by atoms with Crippen LogP contribution >= 0.6 is 0 Å². The quantitative estimate of drug-likeness (QED) is 0.172.